The molecular formula is C17H19ClN2. The van der Waals surface area contributed by atoms with E-state index in [9.17, 15) is 0 Å². The van der Waals surface area contributed by atoms with Crippen molar-refractivity contribution in [1.29, 1.82) is 0 Å². The molecule has 0 amide bonds. The molecule has 1 aliphatic rings. The van der Waals surface area contributed by atoms with Crippen LogP contribution < -0.4 is 10.2 Å². The van der Waals surface area contributed by atoms with Crippen LogP contribution in [0.5, 0.6) is 0 Å². The van der Waals surface area contributed by atoms with Crippen molar-refractivity contribution in [2.24, 2.45) is 0 Å². The van der Waals surface area contributed by atoms with Crippen molar-refractivity contribution < 1.29 is 0 Å². The number of nitrogens with zero attached hydrogens (tertiary/aromatic N) is 1. The zero-order chi connectivity index (χ0) is 14.1. The van der Waals surface area contributed by atoms with E-state index in [-0.39, 0.29) is 0 Å². The minimum Gasteiger partial charge on any atom is -0.381 e. The van der Waals surface area contributed by atoms with Crippen LogP contribution in [0, 0.1) is 6.92 Å². The topological polar surface area (TPSA) is 15.3 Å². The second kappa shape index (κ2) is 5.37. The van der Waals surface area contributed by atoms with Gasteiger partial charge < -0.3 is 10.2 Å². The van der Waals surface area contributed by atoms with E-state index in [0.29, 0.717) is 6.04 Å². The number of benzene rings is 2. The molecule has 104 valence electrons. The van der Waals surface area contributed by atoms with Gasteiger partial charge in [0.05, 0.1) is 11.4 Å². The van der Waals surface area contributed by atoms with Gasteiger partial charge in [0, 0.05) is 24.2 Å². The van der Waals surface area contributed by atoms with Gasteiger partial charge in [-0.25, -0.2) is 0 Å². The number of rotatable bonds is 2. The fraction of sp³-hybridized carbons (Fsp3) is 0.294. The predicted molar refractivity (Wildman–Crippen MR) is 86.8 cm³/mol. The minimum absolute atomic E-state index is 0.447. The summed E-state index contributed by atoms with van der Waals surface area (Å²) in [6.07, 6.45) is 0. The van der Waals surface area contributed by atoms with Gasteiger partial charge in [0.25, 0.3) is 0 Å². The third-order valence-corrected chi connectivity index (χ3v) is 4.23. The molecule has 1 aliphatic heterocycles. The Bertz CT molecular complexity index is 624. The summed E-state index contributed by atoms with van der Waals surface area (Å²) < 4.78 is 0. The van der Waals surface area contributed by atoms with Crippen LogP contribution in [0.1, 0.15) is 18.1 Å². The van der Waals surface area contributed by atoms with E-state index in [1.807, 2.05) is 6.07 Å². The first-order valence-electron chi connectivity index (χ1n) is 7.00. The van der Waals surface area contributed by atoms with Gasteiger partial charge in [-0.2, -0.15) is 0 Å². The van der Waals surface area contributed by atoms with E-state index in [2.05, 4.69) is 60.5 Å². The molecule has 1 heterocycles. The molecule has 2 aromatic carbocycles. The van der Waals surface area contributed by atoms with Crippen molar-refractivity contribution in [3.05, 3.63) is 58.6 Å². The molecule has 0 fully saturated rings. The molecule has 0 radical (unpaired) electrons. The average molecular weight is 287 g/mol. The standard InChI is InChI=1S/C17H19ClN2/c1-12-7-8-14(15(18)9-12)11-20-13(2)10-19-16-5-3-4-6-17(16)20/h3-9,13,19H,10-11H2,1-2H3. The molecular weight excluding hydrogens is 268 g/mol. The Kier molecular flexibility index (Phi) is 3.58. The van der Waals surface area contributed by atoms with Gasteiger partial charge in [-0.05, 0) is 43.2 Å². The highest BCUT2D eigenvalue weighted by molar-refractivity contribution is 6.31. The Morgan fingerprint density at radius 3 is 2.85 bits per heavy atom. The molecule has 0 spiro atoms. The highest BCUT2D eigenvalue weighted by Gasteiger charge is 2.22. The van der Waals surface area contributed by atoms with Crippen molar-refractivity contribution in [2.75, 3.05) is 16.8 Å². The number of halogens is 1. The van der Waals surface area contributed by atoms with E-state index in [1.54, 1.807) is 0 Å². The second-order valence-electron chi connectivity index (χ2n) is 5.47. The zero-order valence-corrected chi connectivity index (χ0v) is 12.6. The third kappa shape index (κ3) is 2.48. The number of hydrogen-bond acceptors (Lipinski definition) is 2. The molecule has 0 aromatic heterocycles. The van der Waals surface area contributed by atoms with Crippen LogP contribution >= 0.6 is 11.6 Å². The largest absolute Gasteiger partial charge is 0.381 e. The minimum atomic E-state index is 0.447. The maximum absolute atomic E-state index is 6.38. The molecule has 3 heteroatoms. The first kappa shape index (κ1) is 13.3. The van der Waals surface area contributed by atoms with E-state index in [1.165, 1.54) is 22.5 Å². The van der Waals surface area contributed by atoms with Gasteiger partial charge in [-0.15, -0.1) is 0 Å². The van der Waals surface area contributed by atoms with Gasteiger partial charge in [0.2, 0.25) is 0 Å². The number of nitrogens with one attached hydrogen (secondary N) is 1. The summed E-state index contributed by atoms with van der Waals surface area (Å²) in [4.78, 5) is 2.42. The molecule has 1 unspecified atom stereocenters. The molecule has 0 bridgehead atoms. The summed E-state index contributed by atoms with van der Waals surface area (Å²) in [6, 6.07) is 15.2. The highest BCUT2D eigenvalue weighted by Crippen LogP contribution is 2.33. The van der Waals surface area contributed by atoms with E-state index in [0.717, 1.165) is 18.1 Å². The smallest absolute Gasteiger partial charge is 0.0608 e. The van der Waals surface area contributed by atoms with Crippen LogP contribution in [0.3, 0.4) is 0 Å². The lowest BCUT2D eigenvalue weighted by molar-refractivity contribution is 0.641. The van der Waals surface area contributed by atoms with E-state index in [4.69, 9.17) is 11.6 Å². The fourth-order valence-corrected chi connectivity index (χ4v) is 2.98. The van der Waals surface area contributed by atoms with Crippen LogP contribution in [0.4, 0.5) is 11.4 Å². The van der Waals surface area contributed by atoms with Crippen LogP contribution in [-0.2, 0) is 6.54 Å². The zero-order valence-electron chi connectivity index (χ0n) is 11.9. The van der Waals surface area contributed by atoms with Crippen molar-refractivity contribution in [3.8, 4) is 0 Å². The Labute approximate surface area is 125 Å². The SMILES string of the molecule is Cc1ccc(CN2c3ccccc3NCC2C)c(Cl)c1. The van der Waals surface area contributed by atoms with Crippen molar-refractivity contribution in [2.45, 2.75) is 26.4 Å². The van der Waals surface area contributed by atoms with Gasteiger partial charge >= 0.3 is 0 Å². The second-order valence-corrected chi connectivity index (χ2v) is 5.88. The van der Waals surface area contributed by atoms with Crippen molar-refractivity contribution in [1.82, 2.24) is 0 Å². The molecule has 2 aromatic rings. The van der Waals surface area contributed by atoms with Crippen LogP contribution in [0.25, 0.3) is 0 Å². The first-order valence-corrected chi connectivity index (χ1v) is 7.37. The van der Waals surface area contributed by atoms with Gasteiger partial charge in [-0.1, -0.05) is 35.9 Å². The average Bonchev–Trinajstić information content (AvgIpc) is 2.44. The van der Waals surface area contributed by atoms with Crippen molar-refractivity contribution in [3.63, 3.8) is 0 Å². The molecule has 0 saturated heterocycles. The maximum atomic E-state index is 6.38. The van der Waals surface area contributed by atoms with Gasteiger partial charge in [0.15, 0.2) is 0 Å². The summed E-state index contributed by atoms with van der Waals surface area (Å²) in [5.41, 5.74) is 4.84. The highest BCUT2D eigenvalue weighted by atomic mass is 35.5. The lowest BCUT2D eigenvalue weighted by Crippen LogP contribution is -2.41. The predicted octanol–water partition coefficient (Wildman–Crippen LogP) is 4.47. The molecule has 0 aliphatic carbocycles. The van der Waals surface area contributed by atoms with E-state index < -0.39 is 0 Å². The third-order valence-electron chi connectivity index (χ3n) is 3.88. The Balaban J connectivity index is 1.93. The molecule has 20 heavy (non-hydrogen) atoms. The van der Waals surface area contributed by atoms with E-state index >= 15 is 0 Å². The summed E-state index contributed by atoms with van der Waals surface area (Å²) in [5.74, 6) is 0. The fourth-order valence-electron chi connectivity index (χ4n) is 2.68. The van der Waals surface area contributed by atoms with Crippen molar-refractivity contribution >= 4 is 23.0 Å². The summed E-state index contributed by atoms with van der Waals surface area (Å²) >= 11 is 6.38. The van der Waals surface area contributed by atoms with Crippen LogP contribution in [-0.4, -0.2) is 12.6 Å². The summed E-state index contributed by atoms with van der Waals surface area (Å²) in [5, 5.41) is 4.33. The molecule has 3 rings (SSSR count). The quantitative estimate of drug-likeness (QED) is 0.876. The Morgan fingerprint density at radius 1 is 1.25 bits per heavy atom. The molecule has 0 saturated carbocycles. The number of fused-ring (bicyclic) bond motifs is 1. The Morgan fingerprint density at radius 2 is 2.05 bits per heavy atom. The van der Waals surface area contributed by atoms with Gasteiger partial charge in [-0.3, -0.25) is 0 Å². The molecule has 1 atom stereocenters. The monoisotopic (exact) mass is 286 g/mol. The lowest BCUT2D eigenvalue weighted by atomic mass is 10.1. The van der Waals surface area contributed by atoms with Crippen LogP contribution in [0.15, 0.2) is 42.5 Å². The summed E-state index contributed by atoms with van der Waals surface area (Å²) in [6.45, 7) is 6.11. The van der Waals surface area contributed by atoms with Gasteiger partial charge in [0.1, 0.15) is 0 Å². The molecule has 2 nitrogen and oxygen atoms in total. The van der Waals surface area contributed by atoms with Crippen LogP contribution in [0.2, 0.25) is 5.02 Å². The number of para-hydroxylation sites is 2. The first-order chi connectivity index (χ1) is 9.65. The normalized spacial score (nSPS) is 17.6. The summed E-state index contributed by atoms with van der Waals surface area (Å²) in [7, 11) is 0. The number of hydrogen-bond donors (Lipinski definition) is 1. The number of aryl methyl sites for hydroxylation is 1. The number of anilines is 2. The molecule has 1 N–H and O–H groups in total. The lowest BCUT2D eigenvalue weighted by Gasteiger charge is -2.38. The maximum Gasteiger partial charge on any atom is 0.0608 e. The Hall–Kier alpha value is -1.67.